The first-order valence-electron chi connectivity index (χ1n) is 6.38. The van der Waals surface area contributed by atoms with Crippen molar-refractivity contribution in [3.8, 4) is 0 Å². The van der Waals surface area contributed by atoms with Crippen LogP contribution in [0.1, 0.15) is 17.0 Å². The number of allylic oxidation sites excluding steroid dienone is 4. The van der Waals surface area contributed by atoms with E-state index >= 15 is 0 Å². The van der Waals surface area contributed by atoms with Crippen molar-refractivity contribution in [2.24, 2.45) is 0 Å². The van der Waals surface area contributed by atoms with Crippen molar-refractivity contribution in [2.75, 3.05) is 19.0 Å². The highest BCUT2D eigenvalue weighted by Crippen LogP contribution is 2.43. The van der Waals surface area contributed by atoms with Crippen LogP contribution in [-0.4, -0.2) is 19.5 Å². The van der Waals surface area contributed by atoms with Gasteiger partial charge < -0.3 is 4.90 Å². The van der Waals surface area contributed by atoms with Crippen LogP contribution in [-0.2, 0) is 6.18 Å². The molecule has 2 rings (SSSR count). The molecule has 22 heavy (non-hydrogen) atoms. The maximum Gasteiger partial charge on any atom is 0.418 e. The van der Waals surface area contributed by atoms with E-state index in [0.29, 0.717) is 15.6 Å². The van der Waals surface area contributed by atoms with E-state index in [-0.39, 0.29) is 5.69 Å². The van der Waals surface area contributed by atoms with Crippen LogP contribution in [0, 0.1) is 0 Å². The smallest absolute Gasteiger partial charge is 0.377 e. The minimum atomic E-state index is -4.42. The second-order valence-electron chi connectivity index (χ2n) is 5.17. The molecular formula is C15H13Cl3F3N. The maximum absolute atomic E-state index is 13.1. The van der Waals surface area contributed by atoms with Crippen LogP contribution in [0.2, 0.25) is 0 Å². The van der Waals surface area contributed by atoms with Crippen LogP contribution >= 0.6 is 34.8 Å². The second-order valence-corrected chi connectivity index (χ2v) is 6.55. The van der Waals surface area contributed by atoms with Crippen LogP contribution in [0.15, 0.2) is 40.4 Å². The van der Waals surface area contributed by atoms with Crippen LogP contribution in [0.5, 0.6) is 0 Å². The third-order valence-electron chi connectivity index (χ3n) is 3.38. The zero-order valence-corrected chi connectivity index (χ0v) is 14.0. The first-order valence-corrected chi connectivity index (χ1v) is 7.57. The maximum atomic E-state index is 13.1. The van der Waals surface area contributed by atoms with Gasteiger partial charge in [-0.1, -0.05) is 29.3 Å². The van der Waals surface area contributed by atoms with E-state index in [4.69, 9.17) is 34.8 Å². The molecule has 0 saturated heterocycles. The molecular weight excluding hydrogens is 358 g/mol. The summed E-state index contributed by atoms with van der Waals surface area (Å²) < 4.78 is 39.2. The quantitative estimate of drug-likeness (QED) is 0.602. The molecule has 1 aliphatic rings. The van der Waals surface area contributed by atoms with Crippen LogP contribution < -0.4 is 4.90 Å². The van der Waals surface area contributed by atoms with E-state index in [1.807, 2.05) is 0 Å². The molecule has 0 heterocycles. The summed E-state index contributed by atoms with van der Waals surface area (Å²) in [6.07, 6.45) is -1.25. The molecule has 2 atom stereocenters. The average Bonchev–Trinajstić information content (AvgIpc) is 2.35. The molecule has 0 saturated carbocycles. The Morgan fingerprint density at radius 2 is 1.77 bits per heavy atom. The number of rotatable bonds is 2. The molecule has 0 bridgehead atoms. The fraction of sp³-hybridized carbons (Fsp3) is 0.333. The molecule has 0 radical (unpaired) electrons. The lowest BCUT2D eigenvalue weighted by molar-refractivity contribution is -0.137. The average molecular weight is 371 g/mol. The molecule has 1 aromatic rings. The highest BCUT2D eigenvalue weighted by atomic mass is 35.5. The lowest BCUT2D eigenvalue weighted by Crippen LogP contribution is -2.19. The Bertz CT molecular complexity index is 635. The van der Waals surface area contributed by atoms with Crippen LogP contribution in [0.3, 0.4) is 0 Å². The van der Waals surface area contributed by atoms with Gasteiger partial charge in [0.1, 0.15) is 0 Å². The van der Waals surface area contributed by atoms with Gasteiger partial charge in [-0.25, -0.2) is 0 Å². The van der Waals surface area contributed by atoms with Crippen molar-refractivity contribution < 1.29 is 13.2 Å². The first kappa shape index (κ1) is 17.5. The Morgan fingerprint density at radius 1 is 1.14 bits per heavy atom. The SMILES string of the molecule is CN(C)c1cc(C2C(Cl)=CC(Cl)=CC2Cl)ccc1C(F)(F)F. The van der Waals surface area contributed by atoms with Crippen molar-refractivity contribution in [3.05, 3.63) is 51.5 Å². The highest BCUT2D eigenvalue weighted by molar-refractivity contribution is 6.37. The Kier molecular flexibility index (Phi) is 5.05. The Balaban J connectivity index is 2.51. The van der Waals surface area contributed by atoms with Gasteiger partial charge in [0.2, 0.25) is 0 Å². The first-order chi connectivity index (χ1) is 10.1. The summed E-state index contributed by atoms with van der Waals surface area (Å²) in [5.41, 5.74) is -0.0193. The number of anilines is 1. The summed E-state index contributed by atoms with van der Waals surface area (Å²) in [6, 6.07) is 3.92. The predicted octanol–water partition coefficient (Wildman–Crippen LogP) is 5.72. The molecule has 0 fully saturated rings. The molecule has 0 amide bonds. The van der Waals surface area contributed by atoms with Gasteiger partial charge in [0.25, 0.3) is 0 Å². The van der Waals surface area contributed by atoms with Crippen LogP contribution in [0.25, 0.3) is 0 Å². The number of hydrogen-bond donors (Lipinski definition) is 0. The standard InChI is InChI=1S/C15H13Cl3F3N/c1-22(2)13-5-8(3-4-10(13)15(19,20)21)14-11(17)6-9(16)7-12(14)18/h3-7,11,14H,1-2H3. The number of alkyl halides is 4. The largest absolute Gasteiger partial charge is 0.418 e. The van der Waals surface area contributed by atoms with Crippen molar-refractivity contribution in [1.82, 2.24) is 0 Å². The Morgan fingerprint density at radius 3 is 2.27 bits per heavy atom. The fourth-order valence-corrected chi connectivity index (χ4v) is 3.60. The van der Waals surface area contributed by atoms with Crippen molar-refractivity contribution in [3.63, 3.8) is 0 Å². The van der Waals surface area contributed by atoms with Gasteiger partial charge in [0, 0.05) is 35.8 Å². The van der Waals surface area contributed by atoms with E-state index in [2.05, 4.69) is 0 Å². The van der Waals surface area contributed by atoms with E-state index < -0.39 is 23.0 Å². The van der Waals surface area contributed by atoms with Gasteiger partial charge in [-0.2, -0.15) is 13.2 Å². The number of halogens is 6. The van der Waals surface area contributed by atoms with E-state index in [1.54, 1.807) is 26.2 Å². The lowest BCUT2D eigenvalue weighted by atomic mass is 9.90. The van der Waals surface area contributed by atoms with Crippen molar-refractivity contribution >= 4 is 40.5 Å². The van der Waals surface area contributed by atoms with Gasteiger partial charge in [-0.05, 0) is 29.8 Å². The number of nitrogens with zero attached hydrogens (tertiary/aromatic N) is 1. The van der Waals surface area contributed by atoms with E-state index in [1.165, 1.54) is 17.0 Å². The molecule has 120 valence electrons. The summed E-state index contributed by atoms with van der Waals surface area (Å²) >= 11 is 18.3. The third kappa shape index (κ3) is 3.55. The molecule has 0 aromatic heterocycles. The number of hydrogen-bond acceptors (Lipinski definition) is 1. The summed E-state index contributed by atoms with van der Waals surface area (Å²) in [4.78, 5) is 1.42. The molecule has 1 aromatic carbocycles. The highest BCUT2D eigenvalue weighted by Gasteiger charge is 2.35. The zero-order chi connectivity index (χ0) is 16.7. The minimum absolute atomic E-state index is 0.0685. The Labute approximate surface area is 141 Å². The fourth-order valence-electron chi connectivity index (χ4n) is 2.36. The van der Waals surface area contributed by atoms with Gasteiger partial charge >= 0.3 is 6.18 Å². The topological polar surface area (TPSA) is 3.24 Å². The Hall–Kier alpha value is -0.840. The molecule has 0 spiro atoms. The summed E-state index contributed by atoms with van der Waals surface area (Å²) in [6.45, 7) is 0. The summed E-state index contributed by atoms with van der Waals surface area (Å²) in [7, 11) is 3.11. The predicted molar refractivity (Wildman–Crippen MR) is 86.0 cm³/mol. The molecule has 0 aliphatic heterocycles. The van der Waals surface area contributed by atoms with E-state index in [0.717, 1.165) is 6.07 Å². The lowest BCUT2D eigenvalue weighted by Gasteiger charge is -2.26. The number of benzene rings is 1. The minimum Gasteiger partial charge on any atom is -0.377 e. The molecule has 0 N–H and O–H groups in total. The second kappa shape index (κ2) is 6.34. The van der Waals surface area contributed by atoms with Crippen molar-refractivity contribution in [2.45, 2.75) is 17.5 Å². The molecule has 1 aliphatic carbocycles. The van der Waals surface area contributed by atoms with Crippen LogP contribution in [0.4, 0.5) is 18.9 Å². The van der Waals surface area contributed by atoms with Crippen molar-refractivity contribution in [1.29, 1.82) is 0 Å². The third-order valence-corrected chi connectivity index (χ3v) is 4.34. The van der Waals surface area contributed by atoms with E-state index in [9.17, 15) is 13.2 Å². The molecule has 1 nitrogen and oxygen atoms in total. The summed E-state index contributed by atoms with van der Waals surface area (Å²) in [5, 5.41) is 0.301. The van der Waals surface area contributed by atoms with Gasteiger partial charge in [0.15, 0.2) is 0 Å². The van der Waals surface area contributed by atoms with Gasteiger partial charge in [0.05, 0.1) is 10.9 Å². The normalized spacial score (nSPS) is 22.2. The van der Waals surface area contributed by atoms with Gasteiger partial charge in [-0.15, -0.1) is 11.6 Å². The zero-order valence-electron chi connectivity index (χ0n) is 11.8. The summed E-state index contributed by atoms with van der Waals surface area (Å²) in [5.74, 6) is -0.424. The molecule has 2 unspecified atom stereocenters. The molecule has 7 heteroatoms. The van der Waals surface area contributed by atoms with Gasteiger partial charge in [-0.3, -0.25) is 0 Å². The monoisotopic (exact) mass is 369 g/mol.